The van der Waals surface area contributed by atoms with Crippen molar-refractivity contribution in [3.8, 4) is 0 Å². The summed E-state index contributed by atoms with van der Waals surface area (Å²) in [6.07, 6.45) is 2.54. The summed E-state index contributed by atoms with van der Waals surface area (Å²) in [7, 11) is -3.52. The summed E-state index contributed by atoms with van der Waals surface area (Å²) < 4.78 is 28.2. The molecule has 0 saturated carbocycles. The van der Waals surface area contributed by atoms with Crippen LogP contribution in [0.25, 0.3) is 0 Å². The molecule has 1 aliphatic heterocycles. The molecule has 2 aromatic rings. The van der Waals surface area contributed by atoms with Gasteiger partial charge in [-0.3, -0.25) is 0 Å². The van der Waals surface area contributed by atoms with E-state index in [4.69, 9.17) is 0 Å². The summed E-state index contributed by atoms with van der Waals surface area (Å²) in [4.78, 5) is 14.7. The van der Waals surface area contributed by atoms with E-state index < -0.39 is 10.0 Å². The Hall–Kier alpha value is -2.38. The Kier molecular flexibility index (Phi) is 7.38. The van der Waals surface area contributed by atoms with Gasteiger partial charge in [0, 0.05) is 25.3 Å². The number of sulfonamides is 1. The standard InChI is InChI=1S/C24H33N3O3S/c1-17-6-5-7-22(14-17)26-24(28)27-12-9-21(10-13-27)8-11-25-31(29,30)23-16-19(3)18(2)15-20(23)4/h5-7,14-16,21,25H,8-13H2,1-4H3,(H,26,28). The third-order valence-corrected chi connectivity index (χ3v) is 7.70. The van der Waals surface area contributed by atoms with Gasteiger partial charge in [-0.1, -0.05) is 18.2 Å². The molecule has 1 saturated heterocycles. The summed E-state index contributed by atoms with van der Waals surface area (Å²) in [6.45, 7) is 9.52. The van der Waals surface area contributed by atoms with E-state index in [1.54, 1.807) is 6.07 Å². The van der Waals surface area contributed by atoms with Crippen molar-refractivity contribution in [3.05, 3.63) is 58.7 Å². The maximum atomic E-state index is 12.7. The zero-order valence-electron chi connectivity index (χ0n) is 18.9. The summed E-state index contributed by atoms with van der Waals surface area (Å²) in [5.41, 5.74) is 4.75. The van der Waals surface area contributed by atoms with Crippen molar-refractivity contribution >= 4 is 21.7 Å². The number of piperidine rings is 1. The highest BCUT2D eigenvalue weighted by atomic mass is 32.2. The molecule has 6 nitrogen and oxygen atoms in total. The topological polar surface area (TPSA) is 78.5 Å². The summed E-state index contributed by atoms with van der Waals surface area (Å²) >= 11 is 0. The predicted molar refractivity (Wildman–Crippen MR) is 125 cm³/mol. The predicted octanol–water partition coefficient (Wildman–Crippen LogP) is 4.53. The molecule has 0 aromatic heterocycles. The number of likely N-dealkylation sites (tertiary alicyclic amines) is 1. The molecule has 0 spiro atoms. The van der Waals surface area contributed by atoms with E-state index in [9.17, 15) is 13.2 Å². The van der Waals surface area contributed by atoms with Crippen LogP contribution in [0.1, 0.15) is 41.5 Å². The number of amides is 2. The van der Waals surface area contributed by atoms with Crippen LogP contribution in [0, 0.1) is 33.6 Å². The van der Waals surface area contributed by atoms with Crippen LogP contribution in [0.2, 0.25) is 0 Å². The van der Waals surface area contributed by atoms with Gasteiger partial charge >= 0.3 is 6.03 Å². The van der Waals surface area contributed by atoms with Gasteiger partial charge in [0.1, 0.15) is 0 Å². The van der Waals surface area contributed by atoms with Gasteiger partial charge in [0.05, 0.1) is 4.90 Å². The van der Waals surface area contributed by atoms with Gasteiger partial charge < -0.3 is 10.2 Å². The number of hydrogen-bond donors (Lipinski definition) is 2. The van der Waals surface area contributed by atoms with E-state index in [1.165, 1.54) is 0 Å². The monoisotopic (exact) mass is 443 g/mol. The number of urea groups is 1. The Morgan fingerprint density at radius 3 is 2.35 bits per heavy atom. The highest BCUT2D eigenvalue weighted by molar-refractivity contribution is 7.89. The lowest BCUT2D eigenvalue weighted by atomic mass is 9.94. The van der Waals surface area contributed by atoms with E-state index in [0.29, 0.717) is 30.4 Å². The van der Waals surface area contributed by atoms with E-state index in [-0.39, 0.29) is 6.03 Å². The van der Waals surface area contributed by atoms with Crippen LogP contribution in [0.5, 0.6) is 0 Å². The Morgan fingerprint density at radius 1 is 1.00 bits per heavy atom. The lowest BCUT2D eigenvalue weighted by Crippen LogP contribution is -2.41. The third-order valence-electron chi connectivity index (χ3n) is 6.10. The molecule has 3 rings (SSSR count). The second-order valence-corrected chi connectivity index (χ2v) is 10.4. The van der Waals surface area contributed by atoms with Gasteiger partial charge in [-0.2, -0.15) is 0 Å². The minimum absolute atomic E-state index is 0.0741. The van der Waals surface area contributed by atoms with Crippen LogP contribution in [-0.4, -0.2) is 39.0 Å². The van der Waals surface area contributed by atoms with Crippen molar-refractivity contribution in [2.45, 2.75) is 51.9 Å². The molecular weight excluding hydrogens is 410 g/mol. The molecule has 0 bridgehead atoms. The molecule has 1 aliphatic rings. The maximum Gasteiger partial charge on any atom is 0.321 e. The molecule has 168 valence electrons. The first kappa shape index (κ1) is 23.3. The summed E-state index contributed by atoms with van der Waals surface area (Å²) in [5.74, 6) is 0.409. The second kappa shape index (κ2) is 9.83. The first-order valence-corrected chi connectivity index (χ1v) is 12.3. The van der Waals surface area contributed by atoms with Crippen LogP contribution in [0.4, 0.5) is 10.5 Å². The van der Waals surface area contributed by atoms with Crippen LogP contribution >= 0.6 is 0 Å². The summed E-state index contributed by atoms with van der Waals surface area (Å²) in [6, 6.07) is 11.4. The molecule has 0 atom stereocenters. The summed E-state index contributed by atoms with van der Waals surface area (Å²) in [5, 5.41) is 2.96. The first-order chi connectivity index (χ1) is 14.7. The fourth-order valence-electron chi connectivity index (χ4n) is 4.05. The Morgan fingerprint density at radius 2 is 1.68 bits per heavy atom. The SMILES string of the molecule is Cc1cccc(NC(=O)N2CCC(CCNS(=O)(=O)c3cc(C)c(C)cc3C)CC2)c1. The van der Waals surface area contributed by atoms with Crippen molar-refractivity contribution < 1.29 is 13.2 Å². The largest absolute Gasteiger partial charge is 0.325 e. The van der Waals surface area contributed by atoms with Crippen molar-refractivity contribution in [2.24, 2.45) is 5.92 Å². The Labute approximate surface area is 186 Å². The number of aryl methyl sites for hydroxylation is 4. The van der Waals surface area contributed by atoms with Crippen LogP contribution in [0.15, 0.2) is 41.3 Å². The van der Waals surface area contributed by atoms with Crippen molar-refractivity contribution in [1.29, 1.82) is 0 Å². The van der Waals surface area contributed by atoms with Crippen molar-refractivity contribution in [2.75, 3.05) is 25.0 Å². The van der Waals surface area contributed by atoms with E-state index in [0.717, 1.165) is 47.2 Å². The van der Waals surface area contributed by atoms with Gasteiger partial charge in [0.15, 0.2) is 0 Å². The molecule has 2 N–H and O–H groups in total. The number of carbonyl (C=O) groups is 1. The second-order valence-electron chi connectivity index (χ2n) is 8.62. The van der Waals surface area contributed by atoms with E-state index >= 15 is 0 Å². The quantitative estimate of drug-likeness (QED) is 0.688. The molecule has 0 unspecified atom stereocenters. The fourth-order valence-corrected chi connectivity index (χ4v) is 5.41. The molecule has 31 heavy (non-hydrogen) atoms. The number of anilines is 1. The zero-order valence-corrected chi connectivity index (χ0v) is 19.7. The van der Waals surface area contributed by atoms with Crippen molar-refractivity contribution in [1.82, 2.24) is 9.62 Å². The average molecular weight is 444 g/mol. The molecule has 7 heteroatoms. The Bertz CT molecular complexity index is 1040. The Balaban J connectivity index is 1.46. The molecular formula is C24H33N3O3S. The smallest absolute Gasteiger partial charge is 0.321 e. The first-order valence-electron chi connectivity index (χ1n) is 10.9. The van der Waals surface area contributed by atoms with Crippen LogP contribution in [-0.2, 0) is 10.0 Å². The highest BCUT2D eigenvalue weighted by Crippen LogP contribution is 2.23. The molecule has 2 amide bonds. The number of hydrogen-bond acceptors (Lipinski definition) is 3. The van der Waals surface area contributed by atoms with Crippen LogP contribution < -0.4 is 10.0 Å². The number of carbonyl (C=O) groups excluding carboxylic acids is 1. The molecule has 0 radical (unpaired) electrons. The van der Waals surface area contributed by atoms with E-state index in [2.05, 4.69) is 10.0 Å². The fraction of sp³-hybridized carbons (Fsp3) is 0.458. The molecule has 1 heterocycles. The zero-order chi connectivity index (χ0) is 22.6. The number of rotatable bonds is 6. The third kappa shape index (κ3) is 6.08. The van der Waals surface area contributed by atoms with Crippen LogP contribution in [0.3, 0.4) is 0 Å². The van der Waals surface area contributed by atoms with Gasteiger partial charge in [-0.25, -0.2) is 17.9 Å². The van der Waals surface area contributed by atoms with Gasteiger partial charge in [0.25, 0.3) is 0 Å². The van der Waals surface area contributed by atoms with E-state index in [1.807, 2.05) is 62.9 Å². The number of nitrogens with one attached hydrogen (secondary N) is 2. The lowest BCUT2D eigenvalue weighted by molar-refractivity contribution is 0.180. The minimum atomic E-state index is -3.52. The van der Waals surface area contributed by atoms with Crippen molar-refractivity contribution in [3.63, 3.8) is 0 Å². The molecule has 2 aromatic carbocycles. The minimum Gasteiger partial charge on any atom is -0.325 e. The maximum absolute atomic E-state index is 12.7. The number of benzene rings is 2. The number of nitrogens with zero attached hydrogens (tertiary/aromatic N) is 1. The molecule has 1 fully saturated rings. The highest BCUT2D eigenvalue weighted by Gasteiger charge is 2.24. The molecule has 0 aliphatic carbocycles. The van der Waals surface area contributed by atoms with Gasteiger partial charge in [-0.15, -0.1) is 0 Å². The van der Waals surface area contributed by atoms with Gasteiger partial charge in [0.2, 0.25) is 10.0 Å². The lowest BCUT2D eigenvalue weighted by Gasteiger charge is -2.32. The van der Waals surface area contributed by atoms with Gasteiger partial charge in [-0.05, 0) is 93.3 Å². The average Bonchev–Trinajstić information content (AvgIpc) is 2.71. The normalized spacial score (nSPS) is 15.2.